The third-order valence-electron chi connectivity index (χ3n) is 2.62. The minimum absolute atomic E-state index is 0.00370. The zero-order valence-corrected chi connectivity index (χ0v) is 12.8. The number of rotatable bonds is 6. The van der Waals surface area contributed by atoms with Gasteiger partial charge in [0.1, 0.15) is 11.5 Å². The summed E-state index contributed by atoms with van der Waals surface area (Å²) < 4.78 is 11.0. The van der Waals surface area contributed by atoms with Crippen molar-refractivity contribution in [3.63, 3.8) is 0 Å². The van der Waals surface area contributed by atoms with Crippen LogP contribution in [0, 0.1) is 5.92 Å². The molecule has 106 valence electrons. The molecule has 1 amide bonds. The van der Waals surface area contributed by atoms with E-state index in [4.69, 9.17) is 14.6 Å². The standard InChI is InChI=1S/C13H18BrNO4/c1-8(7-16)6-15-13(17)10-4-9(18-2)5-11(14)12(10)19-3/h4-5,8,16H,6-7H2,1-3H3,(H,15,17). The molecule has 0 saturated heterocycles. The van der Waals surface area contributed by atoms with Crippen LogP contribution < -0.4 is 14.8 Å². The predicted octanol–water partition coefficient (Wildman–Crippen LogP) is 1.82. The normalized spacial score (nSPS) is 11.8. The molecule has 0 aliphatic heterocycles. The highest BCUT2D eigenvalue weighted by atomic mass is 79.9. The molecule has 0 aromatic heterocycles. The predicted molar refractivity (Wildman–Crippen MR) is 75.8 cm³/mol. The van der Waals surface area contributed by atoms with Gasteiger partial charge in [-0.15, -0.1) is 0 Å². The first-order valence-electron chi connectivity index (χ1n) is 5.84. The fraction of sp³-hybridized carbons (Fsp3) is 0.462. The molecule has 1 aromatic carbocycles. The molecular weight excluding hydrogens is 314 g/mol. The molecule has 1 unspecified atom stereocenters. The monoisotopic (exact) mass is 331 g/mol. The van der Waals surface area contributed by atoms with E-state index in [1.54, 1.807) is 12.1 Å². The van der Waals surface area contributed by atoms with E-state index in [1.807, 2.05) is 6.92 Å². The van der Waals surface area contributed by atoms with Gasteiger partial charge < -0.3 is 19.9 Å². The van der Waals surface area contributed by atoms with Crippen molar-refractivity contribution < 1.29 is 19.4 Å². The van der Waals surface area contributed by atoms with E-state index in [0.29, 0.717) is 28.1 Å². The Labute approximate surface area is 121 Å². The van der Waals surface area contributed by atoms with Crippen LogP contribution in [0.25, 0.3) is 0 Å². The zero-order chi connectivity index (χ0) is 14.4. The third-order valence-corrected chi connectivity index (χ3v) is 3.21. The molecule has 0 aliphatic rings. The average molecular weight is 332 g/mol. The molecule has 0 aliphatic carbocycles. The van der Waals surface area contributed by atoms with E-state index >= 15 is 0 Å². The number of aliphatic hydroxyl groups is 1. The molecule has 0 radical (unpaired) electrons. The Morgan fingerprint density at radius 2 is 2.11 bits per heavy atom. The second-order valence-electron chi connectivity index (χ2n) is 4.19. The van der Waals surface area contributed by atoms with Gasteiger partial charge in [0.15, 0.2) is 0 Å². The van der Waals surface area contributed by atoms with Crippen LogP contribution in [0.3, 0.4) is 0 Å². The molecule has 2 N–H and O–H groups in total. The number of carbonyl (C=O) groups is 1. The van der Waals surface area contributed by atoms with E-state index in [2.05, 4.69) is 21.2 Å². The zero-order valence-electron chi connectivity index (χ0n) is 11.2. The molecule has 0 fully saturated rings. The first-order valence-corrected chi connectivity index (χ1v) is 6.63. The van der Waals surface area contributed by atoms with Crippen molar-refractivity contribution in [1.82, 2.24) is 5.32 Å². The van der Waals surface area contributed by atoms with Crippen LogP contribution in [0.2, 0.25) is 0 Å². The number of benzene rings is 1. The van der Waals surface area contributed by atoms with Gasteiger partial charge in [-0.25, -0.2) is 0 Å². The number of nitrogens with one attached hydrogen (secondary N) is 1. The van der Waals surface area contributed by atoms with Gasteiger partial charge in [0.25, 0.3) is 5.91 Å². The Hall–Kier alpha value is -1.27. The molecule has 0 spiro atoms. The largest absolute Gasteiger partial charge is 0.497 e. The van der Waals surface area contributed by atoms with Crippen LogP contribution in [-0.2, 0) is 0 Å². The van der Waals surface area contributed by atoms with Gasteiger partial charge in [-0.3, -0.25) is 4.79 Å². The Balaban J connectivity index is 2.97. The summed E-state index contributed by atoms with van der Waals surface area (Å²) in [4.78, 5) is 12.1. The number of aliphatic hydroxyl groups excluding tert-OH is 1. The van der Waals surface area contributed by atoms with Gasteiger partial charge in [0.05, 0.1) is 24.3 Å². The van der Waals surface area contributed by atoms with Gasteiger partial charge in [0.2, 0.25) is 0 Å². The average Bonchev–Trinajstić information content (AvgIpc) is 2.43. The summed E-state index contributed by atoms with van der Waals surface area (Å²) in [7, 11) is 3.03. The summed E-state index contributed by atoms with van der Waals surface area (Å²) in [6, 6.07) is 3.34. The van der Waals surface area contributed by atoms with Crippen molar-refractivity contribution in [1.29, 1.82) is 0 Å². The molecule has 1 aromatic rings. The second-order valence-corrected chi connectivity index (χ2v) is 5.04. The first kappa shape index (κ1) is 15.8. The lowest BCUT2D eigenvalue weighted by Crippen LogP contribution is -2.29. The van der Waals surface area contributed by atoms with Crippen LogP contribution in [0.1, 0.15) is 17.3 Å². The summed E-state index contributed by atoms with van der Waals surface area (Å²) in [5.74, 6) is 0.753. The van der Waals surface area contributed by atoms with Gasteiger partial charge >= 0.3 is 0 Å². The SMILES string of the molecule is COc1cc(Br)c(OC)c(C(=O)NCC(C)CO)c1. The molecule has 5 nitrogen and oxygen atoms in total. The smallest absolute Gasteiger partial charge is 0.255 e. The summed E-state index contributed by atoms with van der Waals surface area (Å²) in [6.07, 6.45) is 0. The maximum Gasteiger partial charge on any atom is 0.255 e. The highest BCUT2D eigenvalue weighted by Crippen LogP contribution is 2.33. The van der Waals surface area contributed by atoms with Crippen molar-refractivity contribution >= 4 is 21.8 Å². The molecule has 19 heavy (non-hydrogen) atoms. The summed E-state index contributed by atoms with van der Waals surface area (Å²) in [5, 5.41) is 11.7. The van der Waals surface area contributed by atoms with E-state index in [0.717, 1.165) is 0 Å². The Morgan fingerprint density at radius 1 is 1.42 bits per heavy atom. The van der Waals surface area contributed by atoms with Crippen molar-refractivity contribution in [2.24, 2.45) is 5.92 Å². The maximum atomic E-state index is 12.1. The number of carbonyl (C=O) groups excluding carboxylic acids is 1. The molecular formula is C13H18BrNO4. The highest BCUT2D eigenvalue weighted by molar-refractivity contribution is 9.10. The van der Waals surface area contributed by atoms with E-state index in [1.165, 1.54) is 14.2 Å². The van der Waals surface area contributed by atoms with Crippen LogP contribution >= 0.6 is 15.9 Å². The number of methoxy groups -OCH3 is 2. The van der Waals surface area contributed by atoms with Crippen LogP contribution in [0.15, 0.2) is 16.6 Å². The lowest BCUT2D eigenvalue weighted by molar-refractivity contribution is 0.0938. The van der Waals surface area contributed by atoms with Gasteiger partial charge in [-0.2, -0.15) is 0 Å². The topological polar surface area (TPSA) is 67.8 Å². The van der Waals surface area contributed by atoms with Gasteiger partial charge in [0, 0.05) is 13.2 Å². The third kappa shape index (κ3) is 4.11. The Bertz CT molecular complexity index is 451. The van der Waals surface area contributed by atoms with Crippen molar-refractivity contribution in [2.75, 3.05) is 27.4 Å². The van der Waals surface area contributed by atoms with Gasteiger partial charge in [-0.05, 0) is 34.0 Å². The van der Waals surface area contributed by atoms with Crippen LogP contribution in [0.5, 0.6) is 11.5 Å². The highest BCUT2D eigenvalue weighted by Gasteiger charge is 2.17. The van der Waals surface area contributed by atoms with Gasteiger partial charge in [-0.1, -0.05) is 6.92 Å². The molecule has 0 saturated carbocycles. The first-order chi connectivity index (χ1) is 9.03. The number of hydrogen-bond acceptors (Lipinski definition) is 4. The molecule has 0 bridgehead atoms. The number of ether oxygens (including phenoxy) is 2. The fourth-order valence-electron chi connectivity index (χ4n) is 1.49. The number of halogens is 1. The fourth-order valence-corrected chi connectivity index (χ4v) is 2.09. The maximum absolute atomic E-state index is 12.1. The minimum Gasteiger partial charge on any atom is -0.497 e. The lowest BCUT2D eigenvalue weighted by Gasteiger charge is -2.14. The Kier molecular flexibility index (Phi) is 6.11. The minimum atomic E-state index is -0.267. The van der Waals surface area contributed by atoms with Crippen molar-refractivity contribution in [3.05, 3.63) is 22.2 Å². The lowest BCUT2D eigenvalue weighted by atomic mass is 10.1. The molecule has 1 rings (SSSR count). The summed E-state index contributed by atoms with van der Waals surface area (Å²) >= 11 is 3.34. The number of hydrogen-bond donors (Lipinski definition) is 2. The van der Waals surface area contributed by atoms with Crippen molar-refractivity contribution in [2.45, 2.75) is 6.92 Å². The van der Waals surface area contributed by atoms with Crippen LogP contribution in [-0.4, -0.2) is 38.4 Å². The van der Waals surface area contributed by atoms with E-state index in [9.17, 15) is 4.79 Å². The molecule has 1 atom stereocenters. The number of amides is 1. The quantitative estimate of drug-likeness (QED) is 0.834. The second kappa shape index (κ2) is 7.35. The molecule has 0 heterocycles. The van der Waals surface area contributed by atoms with E-state index in [-0.39, 0.29) is 18.4 Å². The summed E-state index contributed by atoms with van der Waals surface area (Å²) in [5.41, 5.74) is 0.388. The Morgan fingerprint density at radius 3 is 2.63 bits per heavy atom. The summed E-state index contributed by atoms with van der Waals surface area (Å²) in [6.45, 7) is 2.27. The van der Waals surface area contributed by atoms with E-state index < -0.39 is 0 Å². The molecule has 6 heteroatoms. The van der Waals surface area contributed by atoms with Crippen molar-refractivity contribution in [3.8, 4) is 11.5 Å². The van der Waals surface area contributed by atoms with Crippen LogP contribution in [0.4, 0.5) is 0 Å².